The van der Waals surface area contributed by atoms with Crippen LogP contribution in [0.5, 0.6) is 23.0 Å². The van der Waals surface area contributed by atoms with E-state index in [9.17, 15) is 45.3 Å². The summed E-state index contributed by atoms with van der Waals surface area (Å²) in [6, 6.07) is 5.08. The normalized spacial score (nSPS) is 32.5. The van der Waals surface area contributed by atoms with Crippen LogP contribution in [0.4, 0.5) is 0 Å². The molecule has 2 fully saturated rings. The van der Waals surface area contributed by atoms with Gasteiger partial charge in [0.25, 0.3) is 0 Å². The third-order valence-electron chi connectivity index (χ3n) is 7.48. The summed E-state index contributed by atoms with van der Waals surface area (Å²) in [6.45, 7) is 2.06. The second-order valence-corrected chi connectivity index (χ2v) is 10.5. The highest BCUT2D eigenvalue weighted by atomic mass is 16.7. The Morgan fingerprint density at radius 2 is 1.59 bits per heavy atom. The fourth-order valence-corrected chi connectivity index (χ4v) is 5.16. The summed E-state index contributed by atoms with van der Waals surface area (Å²) < 4.78 is 38.0. The lowest BCUT2D eigenvalue weighted by atomic mass is 9.98. The number of aromatic hydroxyl groups is 2. The number of aliphatic hydroxyl groups is 5. The van der Waals surface area contributed by atoms with E-state index in [1.54, 1.807) is 0 Å². The van der Waals surface area contributed by atoms with E-state index in [1.165, 1.54) is 38.3 Å². The van der Waals surface area contributed by atoms with Crippen LogP contribution in [0.2, 0.25) is 0 Å². The standard InChI is InChI=1S/C28H32O16/c1-9-26(41-10(2)29)23(35)25(37)27(40-9)39-8-16-20(32)22(34)24(36)28(44-16)43-14-5-4-13-18(19(14)31)21(33)17-12(30)6-11(38-3)7-15(17)42-13/h4-7,9,16,20,22-28,30-32,34-37H,8H2,1-3H3/t9-,16-,20-,22-,23+,24-,25+,26-,27+,28-/m0/s1. The highest BCUT2D eigenvalue weighted by molar-refractivity contribution is 5.97. The average Bonchev–Trinajstić information content (AvgIpc) is 2.97. The molecule has 5 rings (SSSR count). The Balaban J connectivity index is 1.35. The van der Waals surface area contributed by atoms with Crippen molar-refractivity contribution in [3.63, 3.8) is 0 Å². The molecule has 0 unspecified atom stereocenters. The van der Waals surface area contributed by atoms with Gasteiger partial charge in [0.1, 0.15) is 70.1 Å². The lowest BCUT2D eigenvalue weighted by Crippen LogP contribution is -2.62. The van der Waals surface area contributed by atoms with Gasteiger partial charge in [0.05, 0.1) is 19.8 Å². The maximum Gasteiger partial charge on any atom is 0.303 e. The number of fused-ring (bicyclic) bond motifs is 2. The second-order valence-electron chi connectivity index (χ2n) is 10.5. The fraction of sp³-hybridized carbons (Fsp3) is 0.500. The maximum atomic E-state index is 13.2. The minimum absolute atomic E-state index is 0.00529. The number of methoxy groups -OCH3 is 1. The molecule has 0 radical (unpaired) electrons. The van der Waals surface area contributed by atoms with Crippen molar-refractivity contribution in [1.82, 2.24) is 0 Å². The SMILES string of the molecule is COc1cc(O)c2c(=O)c3c(O)c(O[C@H]4O[C@@H](CO[C@@H]5O[C@@H](C)[C@H](OC(C)=O)[C@H](O)[C@H]5O)[C@H](O)[C@H](O)[C@@H]4O)ccc3oc2c1. The number of phenolic OH excluding ortho intramolecular Hbond substituents is 2. The van der Waals surface area contributed by atoms with Crippen LogP contribution in [0.1, 0.15) is 13.8 Å². The molecule has 0 saturated carbocycles. The zero-order chi connectivity index (χ0) is 32.0. The summed E-state index contributed by atoms with van der Waals surface area (Å²) in [5.41, 5.74) is -0.867. The minimum atomic E-state index is -1.84. The van der Waals surface area contributed by atoms with Gasteiger partial charge in [-0.05, 0) is 19.1 Å². The molecular formula is C28H32O16. The molecule has 0 amide bonds. The van der Waals surface area contributed by atoms with Crippen molar-refractivity contribution in [3.8, 4) is 23.0 Å². The first-order valence-electron chi connectivity index (χ1n) is 13.5. The third kappa shape index (κ3) is 5.73. The van der Waals surface area contributed by atoms with Crippen LogP contribution in [0.15, 0.2) is 33.5 Å². The number of ether oxygens (including phenoxy) is 6. The lowest BCUT2D eigenvalue weighted by molar-refractivity contribution is -0.319. The van der Waals surface area contributed by atoms with Gasteiger partial charge in [-0.1, -0.05) is 0 Å². The molecule has 0 aliphatic carbocycles. The fourth-order valence-electron chi connectivity index (χ4n) is 5.16. The van der Waals surface area contributed by atoms with Crippen molar-refractivity contribution in [3.05, 3.63) is 34.5 Å². The van der Waals surface area contributed by atoms with Crippen LogP contribution in [-0.4, -0.2) is 117 Å². The van der Waals surface area contributed by atoms with Gasteiger partial charge >= 0.3 is 5.97 Å². The molecule has 44 heavy (non-hydrogen) atoms. The van der Waals surface area contributed by atoms with Gasteiger partial charge in [-0.2, -0.15) is 0 Å². The molecule has 0 bridgehead atoms. The summed E-state index contributed by atoms with van der Waals surface area (Å²) in [5, 5.41) is 73.1. The van der Waals surface area contributed by atoms with Crippen molar-refractivity contribution >= 4 is 27.9 Å². The number of phenols is 2. The number of aliphatic hydroxyl groups excluding tert-OH is 5. The molecule has 1 aromatic heterocycles. The number of carbonyl (C=O) groups is 1. The molecule has 240 valence electrons. The summed E-state index contributed by atoms with van der Waals surface area (Å²) in [7, 11) is 1.36. The first-order chi connectivity index (χ1) is 20.8. The molecule has 7 N–H and O–H groups in total. The smallest absolute Gasteiger partial charge is 0.303 e. The molecule has 2 aromatic carbocycles. The van der Waals surface area contributed by atoms with Crippen LogP contribution < -0.4 is 14.9 Å². The van der Waals surface area contributed by atoms with Crippen molar-refractivity contribution < 1.29 is 73.4 Å². The first kappa shape index (κ1) is 31.7. The first-order valence-corrected chi connectivity index (χ1v) is 13.5. The Kier molecular flexibility index (Phi) is 8.88. The predicted molar refractivity (Wildman–Crippen MR) is 145 cm³/mol. The summed E-state index contributed by atoms with van der Waals surface area (Å²) in [4.78, 5) is 24.6. The van der Waals surface area contributed by atoms with Gasteiger partial charge in [0.2, 0.25) is 11.7 Å². The molecule has 16 heteroatoms. The Labute approximate surface area is 248 Å². The molecule has 3 aromatic rings. The number of hydrogen-bond acceptors (Lipinski definition) is 16. The number of rotatable bonds is 7. The van der Waals surface area contributed by atoms with E-state index >= 15 is 0 Å². The molecular weight excluding hydrogens is 592 g/mol. The Hall–Kier alpha value is -3.74. The number of esters is 1. The van der Waals surface area contributed by atoms with E-state index in [-0.39, 0.29) is 33.4 Å². The van der Waals surface area contributed by atoms with E-state index in [2.05, 4.69) is 0 Å². The zero-order valence-electron chi connectivity index (χ0n) is 23.6. The highest BCUT2D eigenvalue weighted by Gasteiger charge is 2.48. The van der Waals surface area contributed by atoms with Crippen molar-refractivity contribution in [1.29, 1.82) is 0 Å². The van der Waals surface area contributed by atoms with Gasteiger partial charge in [0, 0.05) is 19.1 Å². The van der Waals surface area contributed by atoms with Gasteiger partial charge < -0.3 is 68.6 Å². The highest BCUT2D eigenvalue weighted by Crippen LogP contribution is 2.38. The Morgan fingerprint density at radius 1 is 0.886 bits per heavy atom. The number of carbonyl (C=O) groups excluding carboxylic acids is 1. The molecule has 2 aliphatic heterocycles. The Bertz CT molecular complexity index is 1590. The third-order valence-corrected chi connectivity index (χ3v) is 7.48. The van der Waals surface area contributed by atoms with Crippen molar-refractivity contribution in [2.75, 3.05) is 13.7 Å². The average molecular weight is 625 g/mol. The van der Waals surface area contributed by atoms with Crippen molar-refractivity contribution in [2.45, 2.75) is 75.3 Å². The van der Waals surface area contributed by atoms with Gasteiger partial charge in [0.15, 0.2) is 23.9 Å². The van der Waals surface area contributed by atoms with E-state index in [0.29, 0.717) is 0 Å². The van der Waals surface area contributed by atoms with Crippen LogP contribution >= 0.6 is 0 Å². The van der Waals surface area contributed by atoms with Crippen LogP contribution in [0.25, 0.3) is 21.9 Å². The maximum absolute atomic E-state index is 13.2. The van der Waals surface area contributed by atoms with E-state index in [4.69, 9.17) is 32.8 Å². The van der Waals surface area contributed by atoms with Gasteiger partial charge in [-0.25, -0.2) is 0 Å². The molecule has 3 heterocycles. The number of hydrogen-bond donors (Lipinski definition) is 7. The summed E-state index contributed by atoms with van der Waals surface area (Å²) >= 11 is 0. The molecule has 16 nitrogen and oxygen atoms in total. The second kappa shape index (κ2) is 12.3. The van der Waals surface area contributed by atoms with E-state index < -0.39 is 90.9 Å². The largest absolute Gasteiger partial charge is 0.507 e. The molecule has 2 aliphatic rings. The molecule has 2 saturated heterocycles. The monoisotopic (exact) mass is 624 g/mol. The van der Waals surface area contributed by atoms with Crippen LogP contribution in [0, 0.1) is 0 Å². The zero-order valence-corrected chi connectivity index (χ0v) is 23.6. The topological polar surface area (TPSA) is 244 Å². The molecule has 10 atom stereocenters. The van der Waals surface area contributed by atoms with E-state index in [1.807, 2.05) is 0 Å². The van der Waals surface area contributed by atoms with Gasteiger partial charge in [-0.3, -0.25) is 9.59 Å². The van der Waals surface area contributed by atoms with E-state index in [0.717, 1.165) is 6.92 Å². The predicted octanol–water partition coefficient (Wildman–Crippen LogP) is -1.03. The number of benzene rings is 2. The van der Waals surface area contributed by atoms with Crippen molar-refractivity contribution in [2.24, 2.45) is 0 Å². The molecule has 0 spiro atoms. The summed E-state index contributed by atoms with van der Waals surface area (Å²) in [5.74, 6) is -2.02. The minimum Gasteiger partial charge on any atom is -0.507 e. The lowest BCUT2D eigenvalue weighted by Gasteiger charge is -2.43. The summed E-state index contributed by atoms with van der Waals surface area (Å²) in [6.07, 6.45) is -15.3. The van der Waals surface area contributed by atoms with Crippen LogP contribution in [0.3, 0.4) is 0 Å². The van der Waals surface area contributed by atoms with Gasteiger partial charge in [-0.15, -0.1) is 0 Å². The quantitative estimate of drug-likeness (QED) is 0.123. The van der Waals surface area contributed by atoms with Crippen LogP contribution in [-0.2, 0) is 23.7 Å². The Morgan fingerprint density at radius 3 is 2.27 bits per heavy atom.